The maximum absolute atomic E-state index is 10.9. The van der Waals surface area contributed by atoms with Gasteiger partial charge in [0.25, 0.3) is 0 Å². The lowest BCUT2D eigenvalue weighted by Gasteiger charge is -2.10. The first-order valence-corrected chi connectivity index (χ1v) is 5.10. The van der Waals surface area contributed by atoms with Crippen LogP contribution in [-0.4, -0.2) is 17.7 Å². The average molecular weight is 271 g/mol. The Morgan fingerprint density at radius 1 is 1.60 bits per heavy atom. The molecule has 1 aromatic rings. The lowest BCUT2D eigenvalue weighted by Crippen LogP contribution is -2.05. The molecule has 0 fully saturated rings. The number of hydrogen-bond donors (Lipinski definition) is 1. The van der Waals surface area contributed by atoms with Crippen molar-refractivity contribution in [2.24, 2.45) is 0 Å². The van der Waals surface area contributed by atoms with E-state index in [0.29, 0.717) is 10.2 Å². The molecule has 1 N–H and O–H groups in total. The molecule has 3 nitrogen and oxygen atoms in total. The van der Waals surface area contributed by atoms with E-state index >= 15 is 0 Å². The van der Waals surface area contributed by atoms with Gasteiger partial charge in [-0.2, -0.15) is 0 Å². The van der Waals surface area contributed by atoms with E-state index in [0.717, 1.165) is 5.56 Å². The van der Waals surface area contributed by atoms with Crippen LogP contribution in [-0.2, 0) is 0 Å². The van der Waals surface area contributed by atoms with Crippen molar-refractivity contribution in [2.45, 2.75) is 6.92 Å². The molecule has 0 amide bonds. The summed E-state index contributed by atoms with van der Waals surface area (Å²) in [5, 5.41) is 8.94. The van der Waals surface area contributed by atoms with E-state index in [1.807, 2.05) is 0 Å². The number of aryl methyl sites for hydroxylation is 1. The summed E-state index contributed by atoms with van der Waals surface area (Å²) >= 11 is 3.15. The lowest BCUT2D eigenvalue weighted by molar-refractivity contribution is 0.0692. The number of benzene rings is 1. The highest BCUT2D eigenvalue weighted by Gasteiger charge is 2.12. The zero-order chi connectivity index (χ0) is 11.4. The van der Waals surface area contributed by atoms with Gasteiger partial charge in [-0.05, 0) is 18.6 Å². The quantitative estimate of drug-likeness (QED) is 0.915. The van der Waals surface area contributed by atoms with Crippen LogP contribution in [0.2, 0.25) is 0 Å². The predicted octanol–water partition coefficient (Wildman–Crippen LogP) is 2.98. The highest BCUT2D eigenvalue weighted by atomic mass is 79.9. The van der Waals surface area contributed by atoms with Gasteiger partial charge in [-0.3, -0.25) is 0 Å². The van der Waals surface area contributed by atoms with Gasteiger partial charge in [0.05, 0.1) is 0 Å². The van der Waals surface area contributed by atoms with Crippen LogP contribution >= 0.6 is 15.9 Å². The maximum Gasteiger partial charge on any atom is 0.339 e. The highest BCUT2D eigenvalue weighted by molar-refractivity contribution is 9.11. The predicted molar refractivity (Wildman–Crippen MR) is 61.7 cm³/mol. The third-order valence-electron chi connectivity index (χ3n) is 1.82. The normalized spacial score (nSPS) is 9.73. The summed E-state index contributed by atoms with van der Waals surface area (Å²) in [4.78, 5) is 10.9. The van der Waals surface area contributed by atoms with Crippen molar-refractivity contribution in [1.82, 2.24) is 0 Å². The van der Waals surface area contributed by atoms with E-state index in [1.165, 1.54) is 6.07 Å². The zero-order valence-corrected chi connectivity index (χ0v) is 9.87. The molecule has 4 heteroatoms. The molecule has 15 heavy (non-hydrogen) atoms. The van der Waals surface area contributed by atoms with E-state index in [-0.39, 0.29) is 12.2 Å². The van der Waals surface area contributed by atoms with Crippen molar-refractivity contribution in [3.63, 3.8) is 0 Å². The van der Waals surface area contributed by atoms with E-state index < -0.39 is 5.97 Å². The van der Waals surface area contributed by atoms with Crippen LogP contribution in [0.25, 0.3) is 0 Å². The van der Waals surface area contributed by atoms with E-state index in [9.17, 15) is 4.79 Å². The Labute approximate surface area is 96.5 Å². The van der Waals surface area contributed by atoms with Gasteiger partial charge in [0.2, 0.25) is 0 Å². The first-order valence-electron chi connectivity index (χ1n) is 4.31. The molecule has 0 aliphatic heterocycles. The minimum Gasteiger partial charge on any atom is -0.487 e. The molecular weight excluding hydrogens is 260 g/mol. The largest absolute Gasteiger partial charge is 0.487 e. The summed E-state index contributed by atoms with van der Waals surface area (Å²) in [6, 6.07) is 5.01. The summed E-state index contributed by atoms with van der Waals surface area (Å²) in [5.41, 5.74) is 0.965. The molecule has 80 valence electrons. The maximum atomic E-state index is 10.9. The van der Waals surface area contributed by atoms with Gasteiger partial charge >= 0.3 is 5.97 Å². The van der Waals surface area contributed by atoms with Crippen molar-refractivity contribution < 1.29 is 14.6 Å². The molecule has 0 aliphatic rings. The molecule has 0 spiro atoms. The van der Waals surface area contributed by atoms with Crippen molar-refractivity contribution in [3.05, 3.63) is 40.4 Å². The average Bonchev–Trinajstić information content (AvgIpc) is 2.15. The molecule has 0 radical (unpaired) electrons. The number of hydrogen-bond acceptors (Lipinski definition) is 2. The fourth-order valence-electron chi connectivity index (χ4n) is 1.16. The van der Waals surface area contributed by atoms with Gasteiger partial charge in [0, 0.05) is 4.48 Å². The second-order valence-corrected chi connectivity index (χ2v) is 4.18. The number of carbonyl (C=O) groups is 1. The molecule has 0 atom stereocenters. The molecule has 0 aliphatic carbocycles. The molecule has 0 aromatic heterocycles. The standard InChI is InChI=1S/C11H11BrO3/c1-7-4-3-5-9(11(13)14)10(7)15-6-8(2)12/h3-5H,2,6H2,1H3,(H,13,14). The number of halogens is 1. The van der Waals surface area contributed by atoms with Crippen molar-refractivity contribution in [2.75, 3.05) is 6.61 Å². The first-order chi connectivity index (χ1) is 7.02. The SMILES string of the molecule is C=C(Br)COc1c(C)cccc1C(=O)O. The fraction of sp³-hybridized carbons (Fsp3) is 0.182. The van der Waals surface area contributed by atoms with Crippen LogP contribution < -0.4 is 4.74 Å². The third kappa shape index (κ3) is 3.09. The van der Waals surface area contributed by atoms with Crippen LogP contribution in [0.4, 0.5) is 0 Å². The fourth-order valence-corrected chi connectivity index (χ4v) is 1.28. The molecular formula is C11H11BrO3. The lowest BCUT2D eigenvalue weighted by atomic mass is 10.1. The summed E-state index contributed by atoms with van der Waals surface area (Å²) in [6.07, 6.45) is 0. The van der Waals surface area contributed by atoms with Gasteiger partial charge in [0.1, 0.15) is 17.9 Å². The number of ether oxygens (including phenoxy) is 1. The van der Waals surface area contributed by atoms with Crippen LogP contribution in [0.3, 0.4) is 0 Å². The molecule has 1 aromatic carbocycles. The number of carboxylic acid groups (broad SMARTS) is 1. The summed E-state index contributed by atoms with van der Waals surface area (Å²) < 4.78 is 6.03. The van der Waals surface area contributed by atoms with Gasteiger partial charge < -0.3 is 9.84 Å². The topological polar surface area (TPSA) is 46.5 Å². The molecule has 0 saturated heterocycles. The highest BCUT2D eigenvalue weighted by Crippen LogP contribution is 2.24. The minimum absolute atomic E-state index is 0.170. The second kappa shape index (κ2) is 4.98. The second-order valence-electron chi connectivity index (χ2n) is 3.06. The number of aromatic carboxylic acids is 1. The van der Waals surface area contributed by atoms with Gasteiger partial charge in [0.15, 0.2) is 0 Å². The van der Waals surface area contributed by atoms with Crippen LogP contribution in [0.1, 0.15) is 15.9 Å². The summed E-state index contributed by atoms with van der Waals surface area (Å²) in [6.45, 7) is 5.68. The Morgan fingerprint density at radius 2 is 2.27 bits per heavy atom. The van der Waals surface area contributed by atoms with Gasteiger partial charge in [-0.25, -0.2) is 4.79 Å². The molecule has 0 bridgehead atoms. The number of para-hydroxylation sites is 1. The Kier molecular flexibility index (Phi) is 3.91. The van der Waals surface area contributed by atoms with Crippen LogP contribution in [0, 0.1) is 6.92 Å². The Hall–Kier alpha value is -1.29. The van der Waals surface area contributed by atoms with Crippen LogP contribution in [0.15, 0.2) is 29.3 Å². The number of rotatable bonds is 4. The monoisotopic (exact) mass is 270 g/mol. The van der Waals surface area contributed by atoms with Crippen molar-refractivity contribution >= 4 is 21.9 Å². The first kappa shape index (κ1) is 11.8. The van der Waals surface area contributed by atoms with E-state index in [4.69, 9.17) is 9.84 Å². The van der Waals surface area contributed by atoms with Gasteiger partial charge in [-0.15, -0.1) is 0 Å². The van der Waals surface area contributed by atoms with Crippen LogP contribution in [0.5, 0.6) is 5.75 Å². The smallest absolute Gasteiger partial charge is 0.339 e. The zero-order valence-electron chi connectivity index (χ0n) is 8.29. The van der Waals surface area contributed by atoms with Gasteiger partial charge in [-0.1, -0.05) is 34.6 Å². The van der Waals surface area contributed by atoms with Crippen molar-refractivity contribution in [3.8, 4) is 5.75 Å². The third-order valence-corrected chi connectivity index (χ3v) is 2.04. The summed E-state index contributed by atoms with van der Waals surface area (Å²) in [7, 11) is 0. The summed E-state index contributed by atoms with van der Waals surface area (Å²) in [5.74, 6) is -0.598. The Balaban J connectivity index is 3.02. The van der Waals surface area contributed by atoms with Crippen molar-refractivity contribution in [1.29, 1.82) is 0 Å². The molecule has 0 unspecified atom stereocenters. The molecule has 0 saturated carbocycles. The molecule has 0 heterocycles. The Morgan fingerprint density at radius 3 is 2.80 bits per heavy atom. The Bertz CT molecular complexity index is 399. The van der Waals surface area contributed by atoms with E-state index in [2.05, 4.69) is 22.5 Å². The van der Waals surface area contributed by atoms with E-state index in [1.54, 1.807) is 19.1 Å². The number of carboxylic acids is 1. The minimum atomic E-state index is -0.992. The molecule has 1 rings (SSSR count).